The van der Waals surface area contributed by atoms with E-state index in [9.17, 15) is 0 Å². The molecule has 6 N–H and O–H groups in total. The Bertz CT molecular complexity index is 1020. The highest BCUT2D eigenvalue weighted by Crippen LogP contribution is 2.38. The Balaban J connectivity index is 1.70. The highest BCUT2D eigenvalue weighted by Gasteiger charge is 2.11. The number of rotatable bonds is 6. The van der Waals surface area contributed by atoms with Crippen molar-refractivity contribution in [3.8, 4) is 34.5 Å². The van der Waals surface area contributed by atoms with Crippen molar-refractivity contribution in [2.45, 2.75) is 0 Å². The lowest BCUT2D eigenvalue weighted by Crippen LogP contribution is -1.96. The lowest BCUT2D eigenvalue weighted by atomic mass is 10.2. The topological polar surface area (TPSA) is 106 Å². The standard InChI is InChI=1S/C24H21N3O3/c25-19-7-1-4-10-22(19)28-16-13-17(29-23-11-5-2-8-20(23)26)15-18(14-16)30-24-12-6-3-9-21(24)27/h1-15H,25-27H2. The van der Waals surface area contributed by atoms with Gasteiger partial charge in [0.05, 0.1) is 17.1 Å². The van der Waals surface area contributed by atoms with E-state index in [-0.39, 0.29) is 0 Å². The zero-order valence-electron chi connectivity index (χ0n) is 16.1. The zero-order valence-corrected chi connectivity index (χ0v) is 16.1. The minimum Gasteiger partial charge on any atom is -0.455 e. The molecule has 0 aliphatic rings. The van der Waals surface area contributed by atoms with Crippen molar-refractivity contribution < 1.29 is 14.2 Å². The second kappa shape index (κ2) is 8.36. The van der Waals surface area contributed by atoms with Gasteiger partial charge in [0, 0.05) is 18.2 Å². The molecule has 6 heteroatoms. The van der Waals surface area contributed by atoms with E-state index >= 15 is 0 Å². The predicted molar refractivity (Wildman–Crippen MR) is 119 cm³/mol. The first-order valence-electron chi connectivity index (χ1n) is 9.30. The average Bonchev–Trinajstić information content (AvgIpc) is 2.73. The van der Waals surface area contributed by atoms with Crippen LogP contribution in [0.25, 0.3) is 0 Å². The Morgan fingerprint density at radius 2 is 0.667 bits per heavy atom. The fraction of sp³-hybridized carbons (Fsp3) is 0. The predicted octanol–water partition coefficient (Wildman–Crippen LogP) is 5.81. The minimum absolute atomic E-state index is 0.490. The van der Waals surface area contributed by atoms with E-state index in [4.69, 9.17) is 31.4 Å². The Morgan fingerprint density at radius 1 is 0.400 bits per heavy atom. The molecule has 0 aliphatic carbocycles. The molecule has 6 nitrogen and oxygen atoms in total. The van der Waals surface area contributed by atoms with Gasteiger partial charge in [-0.15, -0.1) is 0 Å². The van der Waals surface area contributed by atoms with E-state index in [1.54, 1.807) is 54.6 Å². The molecular formula is C24H21N3O3. The van der Waals surface area contributed by atoms with Crippen LogP contribution in [0, 0.1) is 0 Å². The van der Waals surface area contributed by atoms with E-state index in [1.807, 2.05) is 36.4 Å². The van der Waals surface area contributed by atoms with Gasteiger partial charge in [-0.2, -0.15) is 0 Å². The molecule has 4 rings (SSSR count). The maximum absolute atomic E-state index is 6.01. The summed E-state index contributed by atoms with van der Waals surface area (Å²) >= 11 is 0. The van der Waals surface area contributed by atoms with Crippen LogP contribution in [0.3, 0.4) is 0 Å². The molecule has 150 valence electrons. The van der Waals surface area contributed by atoms with Gasteiger partial charge < -0.3 is 31.4 Å². The monoisotopic (exact) mass is 399 g/mol. The summed E-state index contributed by atoms with van der Waals surface area (Å²) in [6.45, 7) is 0. The molecule has 30 heavy (non-hydrogen) atoms. The number of benzene rings is 4. The summed E-state index contributed by atoms with van der Waals surface area (Å²) in [6, 6.07) is 26.9. The number of anilines is 3. The molecular weight excluding hydrogens is 378 g/mol. The van der Waals surface area contributed by atoms with Crippen molar-refractivity contribution in [2.24, 2.45) is 0 Å². The van der Waals surface area contributed by atoms with Crippen LogP contribution in [0.1, 0.15) is 0 Å². The summed E-state index contributed by atoms with van der Waals surface area (Å²) in [6.07, 6.45) is 0. The van der Waals surface area contributed by atoms with Crippen molar-refractivity contribution in [2.75, 3.05) is 17.2 Å². The Labute approximate surface area is 174 Å². The normalized spacial score (nSPS) is 10.4. The van der Waals surface area contributed by atoms with Crippen molar-refractivity contribution in [1.29, 1.82) is 0 Å². The molecule has 0 atom stereocenters. The summed E-state index contributed by atoms with van der Waals surface area (Å²) < 4.78 is 17.9. The van der Waals surface area contributed by atoms with E-state index in [0.717, 1.165) is 0 Å². The van der Waals surface area contributed by atoms with Crippen molar-refractivity contribution >= 4 is 17.1 Å². The molecule has 0 heterocycles. The summed E-state index contributed by atoms with van der Waals surface area (Å²) in [4.78, 5) is 0. The third-order valence-corrected chi connectivity index (χ3v) is 4.29. The van der Waals surface area contributed by atoms with Crippen LogP contribution < -0.4 is 31.4 Å². The van der Waals surface area contributed by atoms with Gasteiger partial charge in [0.1, 0.15) is 34.5 Å². The minimum atomic E-state index is 0.490. The Morgan fingerprint density at radius 3 is 0.933 bits per heavy atom. The summed E-state index contributed by atoms with van der Waals surface area (Å²) in [5.74, 6) is 3.05. The number of hydrogen-bond donors (Lipinski definition) is 3. The van der Waals surface area contributed by atoms with Crippen LogP contribution in [-0.4, -0.2) is 0 Å². The first-order chi connectivity index (χ1) is 14.6. The summed E-state index contributed by atoms with van der Waals surface area (Å²) in [5.41, 5.74) is 19.6. The SMILES string of the molecule is Nc1ccccc1Oc1cc(Oc2ccccc2N)cc(Oc2ccccc2N)c1. The quantitative estimate of drug-likeness (QED) is 0.353. The smallest absolute Gasteiger partial charge is 0.150 e. The first-order valence-corrected chi connectivity index (χ1v) is 9.30. The van der Waals surface area contributed by atoms with Crippen molar-refractivity contribution in [3.63, 3.8) is 0 Å². The van der Waals surface area contributed by atoms with E-state index in [0.29, 0.717) is 51.6 Å². The van der Waals surface area contributed by atoms with Crippen LogP contribution in [0.15, 0.2) is 91.0 Å². The molecule has 0 bridgehead atoms. The maximum atomic E-state index is 6.01. The molecule has 0 saturated carbocycles. The van der Waals surface area contributed by atoms with Crippen LogP contribution >= 0.6 is 0 Å². The molecule has 0 aromatic heterocycles. The largest absolute Gasteiger partial charge is 0.455 e. The van der Waals surface area contributed by atoms with E-state index in [2.05, 4.69) is 0 Å². The molecule has 4 aromatic carbocycles. The van der Waals surface area contributed by atoms with E-state index in [1.165, 1.54) is 0 Å². The van der Waals surface area contributed by atoms with Crippen molar-refractivity contribution in [1.82, 2.24) is 0 Å². The first kappa shape index (κ1) is 19.0. The molecule has 0 amide bonds. The highest BCUT2D eigenvalue weighted by atomic mass is 16.5. The Hall–Kier alpha value is -4.32. The van der Waals surface area contributed by atoms with Gasteiger partial charge in [-0.1, -0.05) is 36.4 Å². The second-order valence-corrected chi connectivity index (χ2v) is 6.56. The second-order valence-electron chi connectivity index (χ2n) is 6.56. The Kier molecular flexibility index (Phi) is 5.30. The van der Waals surface area contributed by atoms with E-state index < -0.39 is 0 Å². The molecule has 0 spiro atoms. The van der Waals surface area contributed by atoms with Crippen LogP contribution in [0.2, 0.25) is 0 Å². The highest BCUT2D eigenvalue weighted by molar-refractivity contribution is 5.58. The molecule has 4 aromatic rings. The summed E-state index contributed by atoms with van der Waals surface area (Å²) in [5, 5.41) is 0. The van der Waals surface area contributed by atoms with Crippen LogP contribution in [-0.2, 0) is 0 Å². The third-order valence-electron chi connectivity index (χ3n) is 4.29. The lowest BCUT2D eigenvalue weighted by Gasteiger charge is -2.15. The van der Waals surface area contributed by atoms with Crippen LogP contribution in [0.4, 0.5) is 17.1 Å². The van der Waals surface area contributed by atoms with Gasteiger partial charge in [-0.25, -0.2) is 0 Å². The van der Waals surface area contributed by atoms with Gasteiger partial charge in [0.15, 0.2) is 0 Å². The van der Waals surface area contributed by atoms with Gasteiger partial charge in [-0.3, -0.25) is 0 Å². The van der Waals surface area contributed by atoms with Gasteiger partial charge in [0.25, 0.3) is 0 Å². The number of para-hydroxylation sites is 6. The molecule has 0 fully saturated rings. The van der Waals surface area contributed by atoms with Gasteiger partial charge in [0.2, 0.25) is 0 Å². The summed E-state index contributed by atoms with van der Waals surface area (Å²) in [7, 11) is 0. The zero-order chi connectivity index (χ0) is 20.9. The fourth-order valence-electron chi connectivity index (χ4n) is 2.82. The molecule has 0 aliphatic heterocycles. The molecule has 0 saturated heterocycles. The number of hydrogen-bond acceptors (Lipinski definition) is 6. The average molecular weight is 399 g/mol. The maximum Gasteiger partial charge on any atom is 0.150 e. The third kappa shape index (κ3) is 4.39. The van der Waals surface area contributed by atoms with Gasteiger partial charge in [-0.05, 0) is 36.4 Å². The fourth-order valence-corrected chi connectivity index (χ4v) is 2.82. The van der Waals surface area contributed by atoms with Crippen molar-refractivity contribution in [3.05, 3.63) is 91.0 Å². The van der Waals surface area contributed by atoms with Gasteiger partial charge >= 0.3 is 0 Å². The van der Waals surface area contributed by atoms with Crippen LogP contribution in [0.5, 0.6) is 34.5 Å². The molecule has 0 radical (unpaired) electrons. The number of nitrogens with two attached hydrogens (primary N) is 3. The number of nitrogen functional groups attached to an aromatic ring is 3. The lowest BCUT2D eigenvalue weighted by molar-refractivity contribution is 0.442. The molecule has 0 unspecified atom stereocenters. The number of ether oxygens (including phenoxy) is 3.